The van der Waals surface area contributed by atoms with Gasteiger partial charge in [-0.2, -0.15) is 0 Å². The molecule has 156 valence electrons. The lowest BCUT2D eigenvalue weighted by Gasteiger charge is -2.36. The summed E-state index contributed by atoms with van der Waals surface area (Å²) in [5, 5.41) is 0. The number of imidazole rings is 1. The Hall–Kier alpha value is -2.70. The van der Waals surface area contributed by atoms with Gasteiger partial charge in [0.05, 0.1) is 12.4 Å². The van der Waals surface area contributed by atoms with E-state index in [1.807, 2.05) is 24.3 Å². The lowest BCUT2D eigenvalue weighted by molar-refractivity contribution is 0.101. The van der Waals surface area contributed by atoms with E-state index in [2.05, 4.69) is 63.4 Å². The van der Waals surface area contributed by atoms with E-state index in [1.54, 1.807) is 6.92 Å². The molecule has 1 fully saturated rings. The van der Waals surface area contributed by atoms with E-state index in [4.69, 9.17) is 12.2 Å². The number of nitrogens with zero attached hydrogens (tertiary/aromatic N) is 4. The highest BCUT2D eigenvalue weighted by Gasteiger charge is 2.18. The van der Waals surface area contributed by atoms with E-state index >= 15 is 0 Å². The van der Waals surface area contributed by atoms with E-state index in [-0.39, 0.29) is 5.78 Å². The predicted octanol–water partition coefficient (Wildman–Crippen LogP) is 4.61. The second kappa shape index (κ2) is 8.58. The molecule has 5 nitrogen and oxygen atoms in total. The number of carbonyl (C=O) groups is 1. The van der Waals surface area contributed by atoms with Gasteiger partial charge in [0.15, 0.2) is 10.6 Å². The van der Waals surface area contributed by atoms with Crippen LogP contribution in [0.5, 0.6) is 0 Å². The van der Waals surface area contributed by atoms with Crippen molar-refractivity contribution in [2.24, 2.45) is 0 Å². The fourth-order valence-electron chi connectivity index (χ4n) is 4.05. The Morgan fingerprint density at radius 3 is 2.30 bits per heavy atom. The van der Waals surface area contributed by atoms with Crippen LogP contribution < -0.4 is 4.90 Å². The smallest absolute Gasteiger partial charge is 0.185 e. The van der Waals surface area contributed by atoms with Crippen molar-refractivity contribution >= 4 is 23.7 Å². The topological polar surface area (TPSA) is 33.4 Å². The summed E-state index contributed by atoms with van der Waals surface area (Å²) in [5.74, 6) is 0.107. The summed E-state index contributed by atoms with van der Waals surface area (Å²) < 4.78 is 5.06. The largest absolute Gasteiger partial charge is 0.369 e. The van der Waals surface area contributed by atoms with Gasteiger partial charge in [0.2, 0.25) is 0 Å². The summed E-state index contributed by atoms with van der Waals surface area (Å²) in [6, 6.07) is 14.4. The van der Waals surface area contributed by atoms with Gasteiger partial charge in [-0.1, -0.05) is 17.7 Å². The minimum atomic E-state index is 0.107. The molecule has 2 heterocycles. The average Bonchev–Trinajstić information content (AvgIpc) is 3.09. The molecular formula is C24H28N4OS. The predicted molar refractivity (Wildman–Crippen MR) is 124 cm³/mol. The average molecular weight is 421 g/mol. The normalized spacial score (nSPS) is 14.8. The number of aryl methyl sites for hydroxylation is 2. The molecular weight excluding hydrogens is 392 g/mol. The highest BCUT2D eigenvalue weighted by molar-refractivity contribution is 7.71. The molecule has 1 aromatic heterocycles. The van der Waals surface area contributed by atoms with E-state index in [0.717, 1.165) is 48.9 Å². The van der Waals surface area contributed by atoms with Crippen molar-refractivity contribution in [3.63, 3.8) is 0 Å². The molecule has 4 rings (SSSR count). The monoisotopic (exact) mass is 420 g/mol. The molecule has 1 aliphatic heterocycles. The maximum atomic E-state index is 11.5. The molecule has 0 amide bonds. The third-order valence-corrected chi connectivity index (χ3v) is 6.25. The number of anilines is 1. The van der Waals surface area contributed by atoms with Crippen LogP contribution in [0, 0.1) is 18.6 Å². The van der Waals surface area contributed by atoms with Gasteiger partial charge in [-0.05, 0) is 68.9 Å². The van der Waals surface area contributed by atoms with Crippen molar-refractivity contribution < 1.29 is 4.79 Å². The number of rotatable bonds is 5. The molecule has 1 saturated heterocycles. The summed E-state index contributed by atoms with van der Waals surface area (Å²) in [6.07, 6.45) is 4.14. The van der Waals surface area contributed by atoms with Crippen LogP contribution in [0.1, 0.15) is 28.4 Å². The second-order valence-electron chi connectivity index (χ2n) is 8.06. The third-order valence-electron chi connectivity index (χ3n) is 5.82. The van der Waals surface area contributed by atoms with Crippen molar-refractivity contribution in [1.82, 2.24) is 14.0 Å². The molecule has 0 aliphatic carbocycles. The van der Waals surface area contributed by atoms with Crippen LogP contribution in [0.3, 0.4) is 0 Å². The fraction of sp³-hybridized carbons (Fsp3) is 0.333. The van der Waals surface area contributed by atoms with Gasteiger partial charge in [-0.3, -0.25) is 14.3 Å². The number of Topliss-reactive ketones (excluding diaryl/α,β-unsaturated/α-hetero) is 1. The second-order valence-corrected chi connectivity index (χ2v) is 8.43. The van der Waals surface area contributed by atoms with Gasteiger partial charge < -0.3 is 9.47 Å². The van der Waals surface area contributed by atoms with Crippen molar-refractivity contribution in [2.75, 3.05) is 31.1 Å². The summed E-state index contributed by atoms with van der Waals surface area (Å²) in [7, 11) is 0. The number of hydrogen-bond donors (Lipinski definition) is 0. The standard InChI is InChI=1S/C24H28N4OS/c1-18-4-9-23(19(2)16-18)28-15-14-27(24(28)30)17-25-10-12-26(13-11-25)22-7-5-21(6-8-22)20(3)29/h4-9,14-16H,10-13,17H2,1-3H3. The first-order chi connectivity index (χ1) is 14.4. The molecule has 2 aromatic carbocycles. The SMILES string of the molecule is CC(=O)c1ccc(N2CCN(Cn3ccn(-c4ccc(C)cc4C)c3=S)CC2)cc1. The number of piperazine rings is 1. The first-order valence-corrected chi connectivity index (χ1v) is 10.8. The van der Waals surface area contributed by atoms with Crippen molar-refractivity contribution in [2.45, 2.75) is 27.4 Å². The molecule has 3 aromatic rings. The zero-order valence-corrected chi connectivity index (χ0v) is 18.7. The first kappa shape index (κ1) is 20.6. The van der Waals surface area contributed by atoms with Crippen LogP contribution in [-0.2, 0) is 6.67 Å². The highest BCUT2D eigenvalue weighted by Crippen LogP contribution is 2.19. The molecule has 6 heteroatoms. The number of carbonyl (C=O) groups excluding carboxylic acids is 1. The minimum Gasteiger partial charge on any atom is -0.369 e. The quantitative estimate of drug-likeness (QED) is 0.446. The van der Waals surface area contributed by atoms with Crippen LogP contribution in [-0.4, -0.2) is 46.0 Å². The van der Waals surface area contributed by atoms with Crippen molar-refractivity contribution in [3.05, 3.63) is 76.3 Å². The highest BCUT2D eigenvalue weighted by atomic mass is 32.1. The molecule has 0 radical (unpaired) electrons. The fourth-order valence-corrected chi connectivity index (χ4v) is 4.33. The maximum absolute atomic E-state index is 11.5. The summed E-state index contributed by atoms with van der Waals surface area (Å²) >= 11 is 5.76. The summed E-state index contributed by atoms with van der Waals surface area (Å²) in [4.78, 5) is 16.3. The molecule has 1 aliphatic rings. The van der Waals surface area contributed by atoms with Gasteiger partial charge in [0.25, 0.3) is 0 Å². The minimum absolute atomic E-state index is 0.107. The summed E-state index contributed by atoms with van der Waals surface area (Å²) in [5.41, 5.74) is 5.57. The molecule has 30 heavy (non-hydrogen) atoms. The maximum Gasteiger partial charge on any atom is 0.185 e. The van der Waals surface area contributed by atoms with Crippen LogP contribution in [0.15, 0.2) is 54.9 Å². The van der Waals surface area contributed by atoms with Gasteiger partial charge in [-0.25, -0.2) is 0 Å². The summed E-state index contributed by atoms with van der Waals surface area (Å²) in [6.45, 7) is 10.5. The van der Waals surface area contributed by atoms with E-state index in [1.165, 1.54) is 16.8 Å². The van der Waals surface area contributed by atoms with Gasteiger partial charge in [0, 0.05) is 49.8 Å². The molecule has 0 N–H and O–H groups in total. The van der Waals surface area contributed by atoms with Gasteiger partial charge >= 0.3 is 0 Å². The number of benzene rings is 2. The Kier molecular flexibility index (Phi) is 5.88. The van der Waals surface area contributed by atoms with Gasteiger partial charge in [0.1, 0.15) is 0 Å². The zero-order chi connectivity index (χ0) is 21.3. The number of ketones is 1. The lowest BCUT2D eigenvalue weighted by atomic mass is 10.1. The Morgan fingerprint density at radius 1 is 0.967 bits per heavy atom. The lowest BCUT2D eigenvalue weighted by Crippen LogP contribution is -2.46. The molecule has 0 spiro atoms. The van der Waals surface area contributed by atoms with Crippen molar-refractivity contribution in [1.29, 1.82) is 0 Å². The molecule has 0 saturated carbocycles. The Morgan fingerprint density at radius 2 is 1.67 bits per heavy atom. The van der Waals surface area contributed by atoms with Crippen LogP contribution in [0.25, 0.3) is 5.69 Å². The molecule has 0 bridgehead atoms. The Balaban J connectivity index is 1.40. The van der Waals surface area contributed by atoms with Crippen LogP contribution >= 0.6 is 12.2 Å². The zero-order valence-electron chi connectivity index (χ0n) is 17.8. The van der Waals surface area contributed by atoms with Gasteiger partial charge in [-0.15, -0.1) is 0 Å². The molecule has 0 unspecified atom stereocenters. The first-order valence-electron chi connectivity index (χ1n) is 10.4. The number of aromatic nitrogens is 2. The van der Waals surface area contributed by atoms with E-state index in [0.29, 0.717) is 0 Å². The Labute approximate surface area is 183 Å². The van der Waals surface area contributed by atoms with Crippen LogP contribution in [0.2, 0.25) is 0 Å². The van der Waals surface area contributed by atoms with E-state index < -0.39 is 0 Å². The third kappa shape index (κ3) is 4.25. The van der Waals surface area contributed by atoms with E-state index in [9.17, 15) is 4.79 Å². The number of hydrogen-bond acceptors (Lipinski definition) is 4. The Bertz CT molecular complexity index is 1100. The van der Waals surface area contributed by atoms with Crippen LogP contribution in [0.4, 0.5) is 5.69 Å². The van der Waals surface area contributed by atoms with Crippen molar-refractivity contribution in [3.8, 4) is 5.69 Å². The molecule has 0 atom stereocenters.